The highest BCUT2D eigenvalue weighted by Crippen LogP contribution is 2.22. The van der Waals surface area contributed by atoms with Crippen molar-refractivity contribution in [1.82, 2.24) is 4.90 Å². The van der Waals surface area contributed by atoms with Crippen LogP contribution in [0.3, 0.4) is 0 Å². The highest BCUT2D eigenvalue weighted by molar-refractivity contribution is 5.88. The van der Waals surface area contributed by atoms with E-state index in [0.717, 1.165) is 43.7 Å². The van der Waals surface area contributed by atoms with Crippen LogP contribution in [-0.2, 0) is 6.54 Å². The van der Waals surface area contributed by atoms with E-state index in [9.17, 15) is 4.79 Å². The number of anilines is 1. The van der Waals surface area contributed by atoms with Crippen LogP contribution < -0.4 is 5.32 Å². The van der Waals surface area contributed by atoms with Crippen LogP contribution >= 0.6 is 0 Å². The Labute approximate surface area is 143 Å². The van der Waals surface area contributed by atoms with Gasteiger partial charge in [0.05, 0.1) is 5.56 Å². The Morgan fingerprint density at radius 2 is 1.88 bits per heavy atom. The molecule has 0 aromatic heterocycles. The summed E-state index contributed by atoms with van der Waals surface area (Å²) in [6.45, 7) is 5.14. The van der Waals surface area contributed by atoms with E-state index >= 15 is 0 Å². The smallest absolute Gasteiger partial charge is 0.335 e. The summed E-state index contributed by atoms with van der Waals surface area (Å²) in [5, 5.41) is 12.6. The van der Waals surface area contributed by atoms with Crippen molar-refractivity contribution in [3.8, 4) is 0 Å². The molecular formula is C20H24N2O2. The standard InChI is InChI=1S/C20H24N2O2/c1-15-13-17(20(23)24)7-8-19(15)21-18-9-11-22(12-10-18)14-16-5-3-2-4-6-16/h2-8,13,18,21H,9-12,14H2,1H3,(H,23,24). The molecule has 0 radical (unpaired) electrons. The van der Waals surface area contributed by atoms with Crippen LogP contribution in [-0.4, -0.2) is 35.1 Å². The van der Waals surface area contributed by atoms with Gasteiger partial charge in [0, 0.05) is 31.4 Å². The molecule has 1 aliphatic heterocycles. The van der Waals surface area contributed by atoms with Gasteiger partial charge in [0.1, 0.15) is 0 Å². The van der Waals surface area contributed by atoms with Crippen molar-refractivity contribution < 1.29 is 9.90 Å². The number of carbonyl (C=O) groups is 1. The molecule has 4 nitrogen and oxygen atoms in total. The van der Waals surface area contributed by atoms with Crippen LogP contribution in [0.5, 0.6) is 0 Å². The van der Waals surface area contributed by atoms with Gasteiger partial charge in [0.2, 0.25) is 0 Å². The van der Waals surface area contributed by atoms with Gasteiger partial charge in [-0.3, -0.25) is 4.90 Å². The zero-order valence-electron chi connectivity index (χ0n) is 14.0. The molecule has 0 bridgehead atoms. The second-order valence-electron chi connectivity index (χ2n) is 6.52. The fourth-order valence-corrected chi connectivity index (χ4v) is 3.26. The number of rotatable bonds is 5. The number of aromatic carboxylic acids is 1. The number of hydrogen-bond acceptors (Lipinski definition) is 3. The minimum absolute atomic E-state index is 0.343. The highest BCUT2D eigenvalue weighted by atomic mass is 16.4. The van der Waals surface area contributed by atoms with Crippen LogP contribution in [0.25, 0.3) is 0 Å². The van der Waals surface area contributed by atoms with Crippen molar-refractivity contribution in [2.75, 3.05) is 18.4 Å². The molecule has 1 aliphatic rings. The summed E-state index contributed by atoms with van der Waals surface area (Å²) in [5.74, 6) is -0.876. The lowest BCUT2D eigenvalue weighted by atomic mass is 10.0. The molecule has 1 fully saturated rings. The number of piperidine rings is 1. The molecule has 2 N–H and O–H groups in total. The first-order valence-electron chi connectivity index (χ1n) is 8.48. The molecule has 0 amide bonds. The number of carboxylic acid groups (broad SMARTS) is 1. The first-order valence-corrected chi connectivity index (χ1v) is 8.48. The van der Waals surface area contributed by atoms with E-state index in [-0.39, 0.29) is 0 Å². The molecule has 1 heterocycles. The SMILES string of the molecule is Cc1cc(C(=O)O)ccc1NC1CCN(Cc2ccccc2)CC1. The van der Waals surface area contributed by atoms with Crippen LogP contribution in [0.1, 0.15) is 34.3 Å². The zero-order chi connectivity index (χ0) is 16.9. The lowest BCUT2D eigenvalue weighted by molar-refractivity contribution is 0.0697. The number of benzene rings is 2. The molecule has 2 aromatic carbocycles. The molecule has 4 heteroatoms. The summed E-state index contributed by atoms with van der Waals surface area (Å²) in [6.07, 6.45) is 2.21. The number of nitrogens with one attached hydrogen (secondary N) is 1. The van der Waals surface area contributed by atoms with Gasteiger partial charge in [-0.15, -0.1) is 0 Å². The normalized spacial score (nSPS) is 16.0. The van der Waals surface area contributed by atoms with Crippen molar-refractivity contribution >= 4 is 11.7 Å². The largest absolute Gasteiger partial charge is 0.478 e. The predicted molar refractivity (Wildman–Crippen MR) is 96.5 cm³/mol. The molecule has 24 heavy (non-hydrogen) atoms. The van der Waals surface area contributed by atoms with Gasteiger partial charge >= 0.3 is 5.97 Å². The Balaban J connectivity index is 1.53. The van der Waals surface area contributed by atoms with Gasteiger partial charge in [-0.25, -0.2) is 4.79 Å². The van der Waals surface area contributed by atoms with Gasteiger partial charge in [-0.2, -0.15) is 0 Å². The van der Waals surface area contributed by atoms with E-state index in [1.165, 1.54) is 5.56 Å². The lowest BCUT2D eigenvalue weighted by Gasteiger charge is -2.33. The minimum Gasteiger partial charge on any atom is -0.478 e. The summed E-state index contributed by atoms with van der Waals surface area (Å²) < 4.78 is 0. The van der Waals surface area contributed by atoms with Crippen LogP contribution in [0.4, 0.5) is 5.69 Å². The Kier molecular flexibility index (Phi) is 5.16. The Morgan fingerprint density at radius 3 is 2.50 bits per heavy atom. The third-order valence-corrected chi connectivity index (χ3v) is 4.67. The third kappa shape index (κ3) is 4.15. The van der Waals surface area contributed by atoms with Gasteiger partial charge in [-0.1, -0.05) is 30.3 Å². The molecule has 1 saturated heterocycles. The second kappa shape index (κ2) is 7.49. The first-order chi connectivity index (χ1) is 11.6. The second-order valence-corrected chi connectivity index (χ2v) is 6.52. The molecule has 3 rings (SSSR count). The summed E-state index contributed by atoms with van der Waals surface area (Å²) in [5.41, 5.74) is 3.74. The number of aryl methyl sites for hydroxylation is 1. The highest BCUT2D eigenvalue weighted by Gasteiger charge is 2.19. The van der Waals surface area contributed by atoms with Gasteiger partial charge < -0.3 is 10.4 Å². The van der Waals surface area contributed by atoms with Crippen molar-refractivity contribution in [2.24, 2.45) is 0 Å². The molecule has 0 atom stereocenters. The fraction of sp³-hybridized carbons (Fsp3) is 0.350. The predicted octanol–water partition coefficient (Wildman–Crippen LogP) is 3.77. The van der Waals surface area contributed by atoms with E-state index < -0.39 is 5.97 Å². The third-order valence-electron chi connectivity index (χ3n) is 4.67. The van der Waals surface area contributed by atoms with E-state index in [1.54, 1.807) is 12.1 Å². The summed E-state index contributed by atoms with van der Waals surface area (Å²) in [4.78, 5) is 13.5. The van der Waals surface area contributed by atoms with Crippen molar-refractivity contribution in [1.29, 1.82) is 0 Å². The Hall–Kier alpha value is -2.33. The maximum absolute atomic E-state index is 11.0. The molecule has 0 saturated carbocycles. The van der Waals surface area contributed by atoms with E-state index in [2.05, 4.69) is 40.5 Å². The van der Waals surface area contributed by atoms with Gasteiger partial charge in [0.15, 0.2) is 0 Å². The Bertz CT molecular complexity index is 692. The minimum atomic E-state index is -0.876. The van der Waals surface area contributed by atoms with Crippen LogP contribution in [0, 0.1) is 6.92 Å². The summed E-state index contributed by atoms with van der Waals surface area (Å²) in [6, 6.07) is 16.3. The average Bonchev–Trinajstić information content (AvgIpc) is 2.59. The van der Waals surface area contributed by atoms with Crippen molar-refractivity contribution in [3.63, 3.8) is 0 Å². The van der Waals surface area contributed by atoms with Crippen molar-refractivity contribution in [3.05, 3.63) is 65.2 Å². The van der Waals surface area contributed by atoms with Gasteiger partial charge in [0.25, 0.3) is 0 Å². The van der Waals surface area contributed by atoms with Gasteiger partial charge in [-0.05, 0) is 49.1 Å². The molecule has 126 valence electrons. The molecule has 2 aromatic rings. The first kappa shape index (κ1) is 16.5. The topological polar surface area (TPSA) is 52.6 Å². The summed E-state index contributed by atoms with van der Waals surface area (Å²) >= 11 is 0. The van der Waals surface area contributed by atoms with Crippen LogP contribution in [0.15, 0.2) is 48.5 Å². The Morgan fingerprint density at radius 1 is 1.17 bits per heavy atom. The van der Waals surface area contributed by atoms with Crippen LogP contribution in [0.2, 0.25) is 0 Å². The molecule has 0 spiro atoms. The van der Waals surface area contributed by atoms with E-state index in [4.69, 9.17) is 5.11 Å². The number of carboxylic acids is 1. The quantitative estimate of drug-likeness (QED) is 0.879. The number of hydrogen-bond donors (Lipinski definition) is 2. The lowest BCUT2D eigenvalue weighted by Crippen LogP contribution is -2.38. The zero-order valence-corrected chi connectivity index (χ0v) is 14.0. The monoisotopic (exact) mass is 324 g/mol. The fourth-order valence-electron chi connectivity index (χ4n) is 3.26. The average molecular weight is 324 g/mol. The maximum Gasteiger partial charge on any atom is 0.335 e. The number of likely N-dealkylation sites (tertiary alicyclic amines) is 1. The molecule has 0 aliphatic carbocycles. The maximum atomic E-state index is 11.0. The molecule has 0 unspecified atom stereocenters. The number of nitrogens with zero attached hydrogens (tertiary/aromatic N) is 1. The molecular weight excluding hydrogens is 300 g/mol. The van der Waals surface area contributed by atoms with Crippen molar-refractivity contribution in [2.45, 2.75) is 32.4 Å². The van der Waals surface area contributed by atoms with E-state index in [0.29, 0.717) is 11.6 Å². The van der Waals surface area contributed by atoms with E-state index in [1.807, 2.05) is 13.0 Å². The summed E-state index contributed by atoms with van der Waals surface area (Å²) in [7, 11) is 0.